The minimum atomic E-state index is -4.97. The molecule has 102 heavy (non-hydrogen) atoms. The largest absolute Gasteiger partial charge is 0.472 e. The van der Waals surface area contributed by atoms with E-state index in [1.807, 2.05) is 0 Å². The van der Waals surface area contributed by atoms with Crippen LogP contribution >= 0.6 is 15.6 Å². The fourth-order valence-electron chi connectivity index (χ4n) is 12.4. The first kappa shape index (κ1) is 99.5. The van der Waals surface area contributed by atoms with Gasteiger partial charge in [-0.3, -0.25) is 37.3 Å². The monoisotopic (exact) mass is 1490 g/mol. The molecule has 0 spiro atoms. The van der Waals surface area contributed by atoms with Crippen molar-refractivity contribution < 1.29 is 80.2 Å². The molecular weight excluding hydrogens is 1330 g/mol. The van der Waals surface area contributed by atoms with Gasteiger partial charge in [0.05, 0.1) is 26.4 Å². The Hall–Kier alpha value is -2.46. The van der Waals surface area contributed by atoms with Gasteiger partial charge >= 0.3 is 39.5 Å². The Morgan fingerprint density at radius 1 is 0.314 bits per heavy atom. The molecule has 0 aromatic heterocycles. The summed E-state index contributed by atoms with van der Waals surface area (Å²) in [5, 5.41) is 10.6. The van der Waals surface area contributed by atoms with Crippen molar-refractivity contribution in [3.8, 4) is 0 Å². The molecule has 0 saturated heterocycles. The van der Waals surface area contributed by atoms with Crippen molar-refractivity contribution in [3.63, 3.8) is 0 Å². The maximum Gasteiger partial charge on any atom is 0.472 e. The molecule has 0 heterocycles. The number of aliphatic hydroxyl groups is 1. The normalized spacial score (nSPS) is 14.2. The highest BCUT2D eigenvalue weighted by atomic mass is 31.2. The first-order chi connectivity index (χ1) is 49.6. The highest BCUT2D eigenvalue weighted by Crippen LogP contribution is 2.45. The topological polar surface area (TPSA) is 237 Å². The van der Waals surface area contributed by atoms with Crippen LogP contribution in [-0.4, -0.2) is 96.7 Å². The van der Waals surface area contributed by atoms with Crippen molar-refractivity contribution in [2.45, 2.75) is 438 Å². The number of phosphoric ester groups is 2. The predicted molar refractivity (Wildman–Crippen MR) is 418 cm³/mol. The van der Waals surface area contributed by atoms with Crippen molar-refractivity contribution in [1.82, 2.24) is 0 Å². The lowest BCUT2D eigenvalue weighted by Gasteiger charge is -2.21. The number of phosphoric acid groups is 2. The van der Waals surface area contributed by atoms with E-state index in [1.165, 1.54) is 225 Å². The molecule has 0 aromatic rings. The van der Waals surface area contributed by atoms with Gasteiger partial charge in [-0.15, -0.1) is 0 Å². The number of rotatable bonds is 81. The van der Waals surface area contributed by atoms with E-state index in [1.54, 1.807) is 0 Å². The maximum absolute atomic E-state index is 13.1. The van der Waals surface area contributed by atoms with E-state index in [0.717, 1.165) is 115 Å². The molecule has 0 aromatic carbocycles. The predicted octanol–water partition coefficient (Wildman–Crippen LogP) is 24.8. The summed E-state index contributed by atoms with van der Waals surface area (Å²) in [5.41, 5.74) is 0. The third kappa shape index (κ3) is 74.4. The van der Waals surface area contributed by atoms with Crippen LogP contribution in [0.4, 0.5) is 0 Å². The summed E-state index contributed by atoms with van der Waals surface area (Å²) in [6.45, 7) is 7.27. The number of carbonyl (C=O) groups is 4. The second-order valence-electron chi connectivity index (χ2n) is 29.4. The Labute approximate surface area is 624 Å². The van der Waals surface area contributed by atoms with Crippen LogP contribution in [-0.2, 0) is 65.4 Å². The van der Waals surface area contributed by atoms with E-state index in [9.17, 15) is 43.2 Å². The number of ether oxygens (including phenoxy) is 4. The second kappa shape index (κ2) is 75.4. The van der Waals surface area contributed by atoms with Gasteiger partial charge in [-0.25, -0.2) is 9.13 Å². The SMILES string of the molecule is CCCCCC/C=C\C=C/CCCCCCCC(=O)OC[C@H](COP(=O)(O)OC[C@@H](O)COP(=O)(O)OC[C@@H](COC(=O)CCCCCCCCCCC(C)CC)OC(=O)CCCCCCCCCCCCCCC)OC(=O)CCCCCCCCCCCCCCCCCCCCCCCC. The Morgan fingerprint density at radius 2 is 0.549 bits per heavy atom. The molecule has 17 nitrogen and oxygen atoms in total. The molecule has 0 aliphatic rings. The molecule has 0 aliphatic carbocycles. The van der Waals surface area contributed by atoms with E-state index in [-0.39, 0.29) is 25.7 Å². The average Bonchev–Trinajstić information content (AvgIpc) is 0.918. The molecule has 0 amide bonds. The summed E-state index contributed by atoms with van der Waals surface area (Å²) in [6, 6.07) is 0. The van der Waals surface area contributed by atoms with Crippen LogP contribution in [0.25, 0.3) is 0 Å². The van der Waals surface area contributed by atoms with Crippen molar-refractivity contribution in [2.75, 3.05) is 39.6 Å². The molecule has 3 unspecified atom stereocenters. The van der Waals surface area contributed by atoms with Gasteiger partial charge in [0.25, 0.3) is 0 Å². The number of allylic oxidation sites excluding steroid dienone is 4. The van der Waals surface area contributed by atoms with Crippen LogP contribution in [0.1, 0.15) is 420 Å². The molecule has 0 bridgehead atoms. The van der Waals surface area contributed by atoms with Gasteiger partial charge in [-0.2, -0.15) is 0 Å². The molecular formula is C83H158O17P2. The highest BCUT2D eigenvalue weighted by molar-refractivity contribution is 7.47. The van der Waals surface area contributed by atoms with E-state index in [2.05, 4.69) is 58.9 Å². The zero-order valence-electron chi connectivity index (χ0n) is 66.2. The van der Waals surface area contributed by atoms with Gasteiger partial charge in [0.2, 0.25) is 0 Å². The number of unbranched alkanes of at least 4 members (excludes halogenated alkanes) is 49. The summed E-state index contributed by atoms with van der Waals surface area (Å²) in [5.74, 6) is -1.36. The van der Waals surface area contributed by atoms with Gasteiger partial charge < -0.3 is 33.8 Å². The molecule has 0 saturated carbocycles. The van der Waals surface area contributed by atoms with Gasteiger partial charge in [0.15, 0.2) is 12.2 Å². The minimum absolute atomic E-state index is 0.102. The standard InChI is InChI=1S/C83H158O17P2/c1-6-10-13-16-19-22-25-28-30-31-32-33-34-35-36-38-41-44-47-54-59-64-69-83(88)99-78(72-93-80(85)66-61-56-51-45-42-40-37-29-26-23-20-17-14-11-7-2)74-97-101(89,90)95-70-77(84)71-96-102(91,92)98-75-79(73-94-81(86)67-62-57-52-49-48-50-55-60-65-76(5)9-4)100-82(87)68-63-58-53-46-43-39-27-24-21-18-15-12-8-3/h23,26,29,37,76-79,84H,6-22,24-25,27-28,30-36,38-75H2,1-5H3,(H,89,90)(H,91,92)/b26-23-,37-29-/t76?,77-,78-,79-/m1/s1. The van der Waals surface area contributed by atoms with Crippen LogP contribution in [0.3, 0.4) is 0 Å². The number of hydrogen-bond donors (Lipinski definition) is 3. The van der Waals surface area contributed by atoms with E-state index in [4.69, 9.17) is 37.0 Å². The van der Waals surface area contributed by atoms with Crippen molar-refractivity contribution in [3.05, 3.63) is 24.3 Å². The second-order valence-corrected chi connectivity index (χ2v) is 32.3. The molecule has 3 N–H and O–H groups in total. The first-order valence-corrected chi connectivity index (χ1v) is 45.5. The zero-order valence-corrected chi connectivity index (χ0v) is 68.0. The third-order valence-electron chi connectivity index (χ3n) is 19.3. The molecule has 19 heteroatoms. The van der Waals surface area contributed by atoms with Crippen LogP contribution in [0.2, 0.25) is 0 Å². The fraction of sp³-hybridized carbons (Fsp3) is 0.904. The van der Waals surface area contributed by atoms with Crippen LogP contribution in [0.5, 0.6) is 0 Å². The minimum Gasteiger partial charge on any atom is -0.462 e. The van der Waals surface area contributed by atoms with Gasteiger partial charge in [-0.05, 0) is 57.3 Å². The zero-order chi connectivity index (χ0) is 74.8. The maximum atomic E-state index is 13.1. The first-order valence-electron chi connectivity index (χ1n) is 42.5. The lowest BCUT2D eigenvalue weighted by atomic mass is 9.99. The summed E-state index contributed by atoms with van der Waals surface area (Å²) in [4.78, 5) is 73.1. The van der Waals surface area contributed by atoms with Gasteiger partial charge in [0.1, 0.15) is 19.3 Å². The Morgan fingerprint density at radius 3 is 0.833 bits per heavy atom. The number of aliphatic hydroxyl groups excluding tert-OH is 1. The summed E-state index contributed by atoms with van der Waals surface area (Å²) in [6.07, 6.45) is 70.2. The third-order valence-corrected chi connectivity index (χ3v) is 21.2. The van der Waals surface area contributed by atoms with Crippen LogP contribution in [0.15, 0.2) is 24.3 Å². The molecule has 6 atom stereocenters. The van der Waals surface area contributed by atoms with E-state index < -0.39 is 97.5 Å². The molecule has 0 radical (unpaired) electrons. The van der Waals surface area contributed by atoms with Crippen molar-refractivity contribution in [1.29, 1.82) is 0 Å². The quantitative estimate of drug-likeness (QED) is 0.0169. The highest BCUT2D eigenvalue weighted by Gasteiger charge is 2.30. The number of esters is 4. The summed E-state index contributed by atoms with van der Waals surface area (Å²) >= 11 is 0. The number of hydrogen-bond acceptors (Lipinski definition) is 15. The average molecular weight is 1490 g/mol. The van der Waals surface area contributed by atoms with E-state index >= 15 is 0 Å². The summed E-state index contributed by atoms with van der Waals surface area (Å²) in [7, 11) is -9.93. The molecule has 0 rings (SSSR count). The Bertz CT molecular complexity index is 2040. The van der Waals surface area contributed by atoms with Gasteiger partial charge in [0, 0.05) is 25.7 Å². The smallest absolute Gasteiger partial charge is 0.462 e. The van der Waals surface area contributed by atoms with Crippen molar-refractivity contribution >= 4 is 39.5 Å². The Kier molecular flexibility index (Phi) is 73.5. The lowest BCUT2D eigenvalue weighted by molar-refractivity contribution is -0.161. The molecule has 0 fully saturated rings. The van der Waals surface area contributed by atoms with Gasteiger partial charge in [-0.1, -0.05) is 367 Å². The van der Waals surface area contributed by atoms with Crippen molar-refractivity contribution in [2.24, 2.45) is 5.92 Å². The van der Waals surface area contributed by atoms with Crippen LogP contribution in [0, 0.1) is 5.92 Å². The van der Waals surface area contributed by atoms with E-state index in [0.29, 0.717) is 25.7 Å². The summed E-state index contributed by atoms with van der Waals surface area (Å²) < 4.78 is 68.7. The lowest BCUT2D eigenvalue weighted by Crippen LogP contribution is -2.30. The Balaban J connectivity index is 5.25. The number of carbonyl (C=O) groups excluding carboxylic acids is 4. The molecule has 602 valence electrons. The fourth-order valence-corrected chi connectivity index (χ4v) is 13.9. The van der Waals surface area contributed by atoms with Crippen LogP contribution < -0.4 is 0 Å². The molecule has 0 aliphatic heterocycles.